The van der Waals surface area contributed by atoms with Gasteiger partial charge < -0.3 is 10.6 Å². The zero-order valence-electron chi connectivity index (χ0n) is 15.5. The number of fused-ring (bicyclic) bond motifs is 1. The zero-order chi connectivity index (χ0) is 19.8. The maximum atomic E-state index is 12.1. The fourth-order valence-electron chi connectivity index (χ4n) is 3.55. The topological polar surface area (TPSA) is 107 Å². The highest BCUT2D eigenvalue weighted by atomic mass is 32.1. The maximum Gasteiger partial charge on any atom is 0.246 e. The van der Waals surface area contributed by atoms with Gasteiger partial charge in [-0.3, -0.25) is 9.59 Å². The third-order valence-electron chi connectivity index (χ3n) is 4.99. The van der Waals surface area contributed by atoms with Crippen molar-refractivity contribution >= 4 is 39.9 Å². The van der Waals surface area contributed by atoms with Gasteiger partial charge in [0.15, 0.2) is 11.4 Å². The van der Waals surface area contributed by atoms with Crippen LogP contribution in [0, 0.1) is 0 Å². The number of nitrogens with two attached hydrogens (primary N) is 1. The maximum absolute atomic E-state index is 12.1. The van der Waals surface area contributed by atoms with Crippen LogP contribution in [0.2, 0.25) is 0 Å². The zero-order valence-corrected chi connectivity index (χ0v) is 16.3. The Hall–Kier alpha value is -3.07. The molecule has 3 aromatic heterocycles. The van der Waals surface area contributed by atoms with Crippen molar-refractivity contribution in [2.24, 2.45) is 0 Å². The van der Waals surface area contributed by atoms with Crippen LogP contribution in [0.1, 0.15) is 36.2 Å². The Morgan fingerprint density at radius 2 is 2.21 bits per heavy atom. The summed E-state index contributed by atoms with van der Waals surface area (Å²) in [6, 6.07) is 1.80. The Bertz CT molecular complexity index is 1090. The number of anilines is 1. The van der Waals surface area contributed by atoms with E-state index in [1.54, 1.807) is 4.90 Å². The average Bonchev–Trinajstić information content (AvgIpc) is 3.33. The van der Waals surface area contributed by atoms with E-state index in [-0.39, 0.29) is 17.7 Å². The summed E-state index contributed by atoms with van der Waals surface area (Å²) < 4.78 is 1.85. The lowest BCUT2D eigenvalue weighted by atomic mass is 10.1. The summed E-state index contributed by atoms with van der Waals surface area (Å²) in [5, 5.41) is 7.29. The van der Waals surface area contributed by atoms with Crippen LogP contribution < -0.4 is 5.73 Å². The van der Waals surface area contributed by atoms with Crippen molar-refractivity contribution in [3.05, 3.63) is 36.0 Å². The Labute approximate surface area is 165 Å². The molecule has 1 amide bonds. The molecule has 0 bridgehead atoms. The van der Waals surface area contributed by atoms with Gasteiger partial charge in [-0.1, -0.05) is 6.58 Å². The summed E-state index contributed by atoms with van der Waals surface area (Å²) in [5.41, 5.74) is 8.10. The van der Waals surface area contributed by atoms with Crippen LogP contribution in [-0.4, -0.2) is 49.4 Å². The van der Waals surface area contributed by atoms with E-state index in [9.17, 15) is 9.59 Å². The second-order valence-corrected chi connectivity index (χ2v) is 7.70. The van der Waals surface area contributed by atoms with Gasteiger partial charge in [-0.15, -0.1) is 11.3 Å². The van der Waals surface area contributed by atoms with Gasteiger partial charge in [-0.05, 0) is 31.9 Å². The molecule has 2 N–H and O–H groups in total. The molecule has 4 rings (SSSR count). The largest absolute Gasteiger partial charge is 0.383 e. The van der Waals surface area contributed by atoms with Crippen LogP contribution in [0.3, 0.4) is 0 Å². The lowest BCUT2D eigenvalue weighted by Crippen LogP contribution is -2.40. The summed E-state index contributed by atoms with van der Waals surface area (Å²) in [6.07, 6.45) is 4.51. The summed E-state index contributed by atoms with van der Waals surface area (Å²) in [5.74, 6) is 0.264. The number of ketones is 1. The molecule has 3 aromatic rings. The number of Topliss-reactive ketones (excluding diaryl/α,β-unsaturated/α-hetero) is 1. The first-order valence-electron chi connectivity index (χ1n) is 8.99. The first-order chi connectivity index (χ1) is 13.5. The number of hydrogen-bond acceptors (Lipinski definition) is 7. The van der Waals surface area contributed by atoms with E-state index >= 15 is 0 Å². The van der Waals surface area contributed by atoms with E-state index in [1.165, 1.54) is 30.7 Å². The molecular weight excluding hydrogens is 376 g/mol. The van der Waals surface area contributed by atoms with Gasteiger partial charge in [0.25, 0.3) is 0 Å². The minimum Gasteiger partial charge on any atom is -0.383 e. The minimum absolute atomic E-state index is 0.00122. The van der Waals surface area contributed by atoms with Crippen LogP contribution in [0.25, 0.3) is 21.6 Å². The quantitative estimate of drug-likeness (QED) is 0.537. The second kappa shape index (κ2) is 7.16. The molecule has 9 heteroatoms. The molecule has 0 saturated carbocycles. The molecule has 8 nitrogen and oxygen atoms in total. The highest BCUT2D eigenvalue weighted by Crippen LogP contribution is 2.36. The highest BCUT2D eigenvalue weighted by Gasteiger charge is 2.28. The van der Waals surface area contributed by atoms with Gasteiger partial charge in [0.2, 0.25) is 5.91 Å². The highest BCUT2D eigenvalue weighted by molar-refractivity contribution is 7.14. The van der Waals surface area contributed by atoms with E-state index in [2.05, 4.69) is 16.5 Å². The molecule has 4 heterocycles. The Kier molecular flexibility index (Phi) is 4.68. The molecule has 1 saturated heterocycles. The molecule has 1 aliphatic heterocycles. The van der Waals surface area contributed by atoms with Crippen LogP contribution >= 0.6 is 11.3 Å². The summed E-state index contributed by atoms with van der Waals surface area (Å²) in [6.45, 7) is 6.36. The molecule has 0 aliphatic carbocycles. The number of hydrogen-bond donors (Lipinski definition) is 1. The smallest absolute Gasteiger partial charge is 0.246 e. The fraction of sp³-hybridized carbons (Fsp3) is 0.316. The van der Waals surface area contributed by atoms with E-state index in [1.807, 2.05) is 16.1 Å². The number of thiophene rings is 1. The van der Waals surface area contributed by atoms with Crippen molar-refractivity contribution in [3.63, 3.8) is 0 Å². The predicted octanol–water partition coefficient (Wildman–Crippen LogP) is 2.69. The van der Waals surface area contributed by atoms with Crippen molar-refractivity contribution in [3.8, 4) is 10.6 Å². The number of carbonyl (C=O) groups is 2. The number of carbonyl (C=O) groups excluding carboxylic acids is 2. The Morgan fingerprint density at radius 3 is 2.93 bits per heavy atom. The van der Waals surface area contributed by atoms with Gasteiger partial charge in [-0.25, -0.2) is 14.6 Å². The molecule has 144 valence electrons. The van der Waals surface area contributed by atoms with Crippen LogP contribution in [0.15, 0.2) is 30.4 Å². The number of aromatic nitrogens is 4. The van der Waals surface area contributed by atoms with Crippen molar-refractivity contribution < 1.29 is 9.59 Å². The van der Waals surface area contributed by atoms with Gasteiger partial charge >= 0.3 is 0 Å². The molecular formula is C19H20N6O2S. The first-order valence-corrected chi connectivity index (χ1v) is 9.87. The van der Waals surface area contributed by atoms with E-state index in [0.717, 1.165) is 17.7 Å². The van der Waals surface area contributed by atoms with Gasteiger partial charge in [-0.2, -0.15) is 5.10 Å². The molecule has 1 aliphatic rings. The molecule has 28 heavy (non-hydrogen) atoms. The van der Waals surface area contributed by atoms with Gasteiger partial charge in [0, 0.05) is 24.0 Å². The fourth-order valence-corrected chi connectivity index (χ4v) is 4.49. The van der Waals surface area contributed by atoms with Crippen LogP contribution in [-0.2, 0) is 4.79 Å². The normalized spacial score (nSPS) is 17.0. The number of nitrogen functional groups attached to an aromatic ring is 1. The number of likely N-dealkylation sites (tertiary alicyclic amines) is 1. The number of rotatable bonds is 4. The third kappa shape index (κ3) is 3.07. The second-order valence-electron chi connectivity index (χ2n) is 6.79. The minimum atomic E-state index is -0.0834. The number of amides is 1. The molecule has 0 aromatic carbocycles. The van der Waals surface area contributed by atoms with Crippen LogP contribution in [0.5, 0.6) is 0 Å². The summed E-state index contributed by atoms with van der Waals surface area (Å²) in [4.78, 5) is 34.9. The predicted molar refractivity (Wildman–Crippen MR) is 108 cm³/mol. The monoisotopic (exact) mass is 396 g/mol. The third-order valence-corrected chi connectivity index (χ3v) is 5.92. The molecule has 1 atom stereocenters. The average molecular weight is 396 g/mol. The number of piperidine rings is 1. The lowest BCUT2D eigenvalue weighted by molar-refractivity contribution is -0.127. The van der Waals surface area contributed by atoms with E-state index in [4.69, 9.17) is 10.8 Å². The van der Waals surface area contributed by atoms with E-state index in [0.29, 0.717) is 41.2 Å². The van der Waals surface area contributed by atoms with Crippen LogP contribution in [0.4, 0.5) is 5.82 Å². The molecule has 1 fully saturated rings. The van der Waals surface area contributed by atoms with Crippen molar-refractivity contribution in [2.45, 2.75) is 25.8 Å². The number of nitrogens with zero attached hydrogens (tertiary/aromatic N) is 5. The summed E-state index contributed by atoms with van der Waals surface area (Å²) in [7, 11) is 0. The molecule has 0 radical (unpaired) electrons. The summed E-state index contributed by atoms with van der Waals surface area (Å²) >= 11 is 1.44. The van der Waals surface area contributed by atoms with Crippen molar-refractivity contribution in [1.82, 2.24) is 24.6 Å². The van der Waals surface area contributed by atoms with Crippen molar-refractivity contribution in [2.75, 3.05) is 18.8 Å². The Balaban J connectivity index is 1.81. The first kappa shape index (κ1) is 18.3. The van der Waals surface area contributed by atoms with Gasteiger partial charge in [0.1, 0.15) is 17.8 Å². The molecule has 0 unspecified atom stereocenters. The van der Waals surface area contributed by atoms with E-state index < -0.39 is 0 Å². The standard InChI is InChI=1S/C19H20N6O2S/c1-3-15(27)24-6-4-5-13(8-24)25-19-16(18(20)21-10-22-19)17(23-25)14-7-12(9-28-14)11(2)26/h3,7,9-10,13H,1,4-6,8H2,2H3,(H2,20,21,22)/t13-/m1/s1. The molecule has 0 spiro atoms. The Morgan fingerprint density at radius 1 is 1.39 bits per heavy atom. The van der Waals surface area contributed by atoms with Crippen molar-refractivity contribution in [1.29, 1.82) is 0 Å². The van der Waals surface area contributed by atoms with Gasteiger partial charge in [0.05, 0.1) is 16.3 Å². The SMILES string of the molecule is C=CC(=O)N1CCC[C@@H](n2nc(-c3cc(C(C)=O)cs3)c3c(N)ncnc32)C1. The lowest BCUT2D eigenvalue weighted by Gasteiger charge is -2.32.